The fourth-order valence-corrected chi connectivity index (χ4v) is 0.952. The van der Waals surface area contributed by atoms with Gasteiger partial charge in [-0.05, 0) is 17.7 Å². The first-order chi connectivity index (χ1) is 5.77. The minimum Gasteiger partial charge on any atom is -0.387 e. The smallest absolute Gasteiger partial charge is 0.0991 e. The molecule has 0 aliphatic carbocycles. The van der Waals surface area contributed by atoms with Crippen LogP contribution in [0.15, 0.2) is 24.3 Å². The Morgan fingerprint density at radius 3 is 2.77 bits per heavy atom. The standard InChI is InChI=1S/C9H10N2O.ClH/c10-5-7-2-1-3-8(4-7)9(12)6-11;/h1-4,9,12H,6,11H2;1H/t9-;/m0./s1. The Morgan fingerprint density at radius 2 is 2.23 bits per heavy atom. The van der Waals surface area contributed by atoms with E-state index >= 15 is 0 Å². The second-order valence-electron chi connectivity index (χ2n) is 2.49. The van der Waals surface area contributed by atoms with Crippen LogP contribution in [0.1, 0.15) is 17.2 Å². The molecule has 0 radical (unpaired) electrons. The van der Waals surface area contributed by atoms with Crippen molar-refractivity contribution in [1.29, 1.82) is 5.26 Å². The van der Waals surface area contributed by atoms with Crippen molar-refractivity contribution in [2.75, 3.05) is 6.54 Å². The summed E-state index contributed by atoms with van der Waals surface area (Å²) in [7, 11) is 0. The van der Waals surface area contributed by atoms with Crippen molar-refractivity contribution in [2.24, 2.45) is 5.73 Å². The number of benzene rings is 1. The van der Waals surface area contributed by atoms with Crippen molar-refractivity contribution in [2.45, 2.75) is 6.10 Å². The van der Waals surface area contributed by atoms with Gasteiger partial charge in [-0.1, -0.05) is 12.1 Å². The average molecular weight is 199 g/mol. The number of aliphatic hydroxyl groups excluding tert-OH is 1. The molecule has 0 heterocycles. The van der Waals surface area contributed by atoms with Gasteiger partial charge in [0.05, 0.1) is 17.7 Å². The lowest BCUT2D eigenvalue weighted by Crippen LogP contribution is -2.11. The van der Waals surface area contributed by atoms with E-state index in [2.05, 4.69) is 0 Å². The SMILES string of the molecule is Cl.N#Cc1cccc([C@@H](O)CN)c1. The fraction of sp³-hybridized carbons (Fsp3) is 0.222. The molecule has 1 rings (SSSR count). The van der Waals surface area contributed by atoms with Crippen molar-refractivity contribution >= 4 is 12.4 Å². The van der Waals surface area contributed by atoms with Gasteiger partial charge in [0.2, 0.25) is 0 Å². The highest BCUT2D eigenvalue weighted by atomic mass is 35.5. The number of rotatable bonds is 2. The predicted molar refractivity (Wildman–Crippen MR) is 52.4 cm³/mol. The fourth-order valence-electron chi connectivity index (χ4n) is 0.952. The van der Waals surface area contributed by atoms with Gasteiger partial charge in [0.1, 0.15) is 0 Å². The Morgan fingerprint density at radius 1 is 1.54 bits per heavy atom. The van der Waals surface area contributed by atoms with E-state index in [9.17, 15) is 5.11 Å². The summed E-state index contributed by atoms with van der Waals surface area (Å²) in [6.07, 6.45) is -0.668. The third kappa shape index (κ3) is 3.03. The summed E-state index contributed by atoms with van der Waals surface area (Å²) in [6.45, 7) is 0.175. The topological polar surface area (TPSA) is 70.0 Å². The third-order valence-electron chi connectivity index (χ3n) is 1.62. The molecule has 0 amide bonds. The second-order valence-corrected chi connectivity index (χ2v) is 2.49. The molecule has 0 aromatic heterocycles. The number of halogens is 1. The molecule has 4 heteroatoms. The van der Waals surface area contributed by atoms with Crippen LogP contribution in [0.5, 0.6) is 0 Å². The zero-order valence-electron chi connectivity index (χ0n) is 6.97. The molecular weight excluding hydrogens is 188 g/mol. The van der Waals surface area contributed by atoms with Gasteiger partial charge in [0.15, 0.2) is 0 Å². The molecular formula is C9H11ClN2O. The largest absolute Gasteiger partial charge is 0.387 e. The molecule has 70 valence electrons. The summed E-state index contributed by atoms with van der Waals surface area (Å²) in [5.41, 5.74) is 6.50. The van der Waals surface area contributed by atoms with E-state index in [1.807, 2.05) is 6.07 Å². The molecule has 0 unspecified atom stereocenters. The predicted octanol–water partition coefficient (Wildman–Crippen LogP) is 0.972. The van der Waals surface area contributed by atoms with Crippen LogP contribution in [0.25, 0.3) is 0 Å². The van der Waals surface area contributed by atoms with Gasteiger partial charge in [0.25, 0.3) is 0 Å². The summed E-state index contributed by atoms with van der Waals surface area (Å²) < 4.78 is 0. The van der Waals surface area contributed by atoms with E-state index in [0.717, 1.165) is 0 Å². The summed E-state index contributed by atoms with van der Waals surface area (Å²) in [6, 6.07) is 8.80. The Hall–Kier alpha value is -1.08. The van der Waals surface area contributed by atoms with Crippen LogP contribution < -0.4 is 5.73 Å². The molecule has 0 fully saturated rings. The lowest BCUT2D eigenvalue weighted by Gasteiger charge is -2.06. The normalized spacial score (nSPS) is 11.2. The average Bonchev–Trinajstić information content (AvgIpc) is 2.17. The summed E-state index contributed by atoms with van der Waals surface area (Å²) >= 11 is 0. The van der Waals surface area contributed by atoms with Gasteiger partial charge in [-0.2, -0.15) is 5.26 Å². The number of nitrogens with zero attached hydrogens (tertiary/aromatic N) is 1. The lowest BCUT2D eigenvalue weighted by atomic mass is 10.1. The van der Waals surface area contributed by atoms with E-state index < -0.39 is 6.10 Å². The third-order valence-corrected chi connectivity index (χ3v) is 1.62. The first-order valence-electron chi connectivity index (χ1n) is 3.66. The van der Waals surface area contributed by atoms with E-state index in [4.69, 9.17) is 11.0 Å². The van der Waals surface area contributed by atoms with Gasteiger partial charge < -0.3 is 10.8 Å². The van der Waals surface area contributed by atoms with Gasteiger partial charge in [-0.25, -0.2) is 0 Å². The first-order valence-corrected chi connectivity index (χ1v) is 3.66. The molecule has 0 aliphatic heterocycles. The van der Waals surface area contributed by atoms with Gasteiger partial charge in [-0.3, -0.25) is 0 Å². The van der Waals surface area contributed by atoms with Gasteiger partial charge in [-0.15, -0.1) is 12.4 Å². The van der Waals surface area contributed by atoms with Crippen molar-refractivity contribution in [1.82, 2.24) is 0 Å². The van der Waals surface area contributed by atoms with Crippen molar-refractivity contribution < 1.29 is 5.11 Å². The molecule has 1 atom stereocenters. The number of hydrogen-bond acceptors (Lipinski definition) is 3. The second kappa shape index (κ2) is 5.55. The summed E-state index contributed by atoms with van der Waals surface area (Å²) in [5, 5.41) is 17.9. The van der Waals surface area contributed by atoms with Gasteiger partial charge in [0, 0.05) is 6.54 Å². The van der Waals surface area contributed by atoms with Crippen LogP contribution in [0, 0.1) is 11.3 Å². The number of hydrogen-bond donors (Lipinski definition) is 2. The molecule has 0 saturated heterocycles. The molecule has 1 aromatic carbocycles. The van der Waals surface area contributed by atoms with Crippen LogP contribution in [-0.4, -0.2) is 11.7 Å². The highest BCUT2D eigenvalue weighted by molar-refractivity contribution is 5.85. The summed E-state index contributed by atoms with van der Waals surface area (Å²) in [5.74, 6) is 0. The maximum atomic E-state index is 9.31. The van der Waals surface area contributed by atoms with Gasteiger partial charge >= 0.3 is 0 Å². The molecule has 1 aromatic rings. The van der Waals surface area contributed by atoms with Crippen LogP contribution >= 0.6 is 12.4 Å². The molecule has 0 spiro atoms. The lowest BCUT2D eigenvalue weighted by molar-refractivity contribution is 0.186. The van der Waals surface area contributed by atoms with Crippen molar-refractivity contribution in [3.63, 3.8) is 0 Å². The van der Waals surface area contributed by atoms with Crippen LogP contribution in [0.3, 0.4) is 0 Å². The Kier molecular flexibility index (Phi) is 5.09. The molecule has 0 aliphatic rings. The van der Waals surface area contributed by atoms with Crippen LogP contribution in [0.2, 0.25) is 0 Å². The zero-order valence-corrected chi connectivity index (χ0v) is 7.79. The highest BCUT2D eigenvalue weighted by Gasteiger charge is 2.04. The Labute approximate surface area is 83.2 Å². The maximum Gasteiger partial charge on any atom is 0.0991 e. The number of nitriles is 1. The Balaban J connectivity index is 0.00000144. The molecule has 3 N–H and O–H groups in total. The first kappa shape index (κ1) is 11.9. The number of nitrogens with two attached hydrogens (primary N) is 1. The van der Waals surface area contributed by atoms with E-state index in [0.29, 0.717) is 11.1 Å². The van der Waals surface area contributed by atoms with E-state index in [1.54, 1.807) is 24.3 Å². The Bertz CT molecular complexity index is 309. The quantitative estimate of drug-likeness (QED) is 0.744. The molecule has 13 heavy (non-hydrogen) atoms. The zero-order chi connectivity index (χ0) is 8.97. The summed E-state index contributed by atoms with van der Waals surface area (Å²) in [4.78, 5) is 0. The van der Waals surface area contributed by atoms with Crippen molar-refractivity contribution in [3.05, 3.63) is 35.4 Å². The number of aliphatic hydroxyl groups is 1. The minimum absolute atomic E-state index is 0. The highest BCUT2D eigenvalue weighted by Crippen LogP contribution is 2.12. The van der Waals surface area contributed by atoms with Crippen LogP contribution in [-0.2, 0) is 0 Å². The molecule has 0 saturated carbocycles. The van der Waals surface area contributed by atoms with Crippen LogP contribution in [0.4, 0.5) is 0 Å². The molecule has 0 bridgehead atoms. The molecule has 3 nitrogen and oxygen atoms in total. The monoisotopic (exact) mass is 198 g/mol. The van der Waals surface area contributed by atoms with Crippen molar-refractivity contribution in [3.8, 4) is 6.07 Å². The van der Waals surface area contributed by atoms with E-state index in [-0.39, 0.29) is 19.0 Å². The van der Waals surface area contributed by atoms with E-state index in [1.165, 1.54) is 0 Å². The minimum atomic E-state index is -0.668. The maximum absolute atomic E-state index is 9.31.